The van der Waals surface area contributed by atoms with Gasteiger partial charge >= 0.3 is 0 Å². The number of methoxy groups -OCH3 is 1. The number of anilines is 1. The van der Waals surface area contributed by atoms with Crippen LogP contribution < -0.4 is 15.4 Å². The number of ether oxygens (including phenoxy) is 1. The van der Waals surface area contributed by atoms with Crippen LogP contribution in [0.4, 0.5) is 5.69 Å². The van der Waals surface area contributed by atoms with E-state index in [9.17, 15) is 9.59 Å². The maximum atomic E-state index is 13.2. The Bertz CT molecular complexity index is 1330. The molecule has 0 spiro atoms. The molecule has 0 bridgehead atoms. The van der Waals surface area contributed by atoms with Gasteiger partial charge < -0.3 is 15.4 Å². The van der Waals surface area contributed by atoms with Crippen LogP contribution in [-0.4, -0.2) is 23.9 Å². The molecule has 33 heavy (non-hydrogen) atoms. The number of hydrogen-bond acceptors (Lipinski definition) is 4. The Labute approximate surface area is 192 Å². The van der Waals surface area contributed by atoms with Crippen molar-refractivity contribution in [2.75, 3.05) is 12.4 Å². The smallest absolute Gasteiger partial charge is 0.252 e. The van der Waals surface area contributed by atoms with E-state index >= 15 is 0 Å². The minimum atomic E-state index is -0.174. The van der Waals surface area contributed by atoms with Crippen LogP contribution in [0.2, 0.25) is 0 Å². The van der Waals surface area contributed by atoms with Gasteiger partial charge in [0.05, 0.1) is 23.9 Å². The maximum Gasteiger partial charge on any atom is 0.252 e. The number of nitrogens with one attached hydrogen (secondary N) is 2. The zero-order chi connectivity index (χ0) is 23.4. The van der Waals surface area contributed by atoms with E-state index in [1.807, 2.05) is 79.7 Å². The highest BCUT2D eigenvalue weighted by atomic mass is 16.5. The van der Waals surface area contributed by atoms with Gasteiger partial charge in [-0.3, -0.25) is 9.59 Å². The van der Waals surface area contributed by atoms with Crippen LogP contribution in [0.25, 0.3) is 22.2 Å². The Morgan fingerprint density at radius 1 is 0.970 bits per heavy atom. The van der Waals surface area contributed by atoms with E-state index in [2.05, 4.69) is 10.6 Å². The molecule has 1 heterocycles. The van der Waals surface area contributed by atoms with Gasteiger partial charge in [-0.2, -0.15) is 0 Å². The molecule has 6 nitrogen and oxygen atoms in total. The molecule has 6 heteroatoms. The number of nitrogens with zero attached hydrogens (tertiary/aromatic N) is 1. The molecule has 0 saturated heterocycles. The van der Waals surface area contributed by atoms with E-state index < -0.39 is 0 Å². The molecular weight excluding hydrogens is 414 g/mol. The summed E-state index contributed by atoms with van der Waals surface area (Å²) in [6, 6.07) is 22.7. The first-order valence-corrected chi connectivity index (χ1v) is 10.6. The lowest BCUT2D eigenvalue weighted by Crippen LogP contribution is -2.23. The maximum absolute atomic E-state index is 13.2. The molecule has 0 atom stereocenters. The number of benzene rings is 3. The number of fused-ring (bicyclic) bond motifs is 1. The van der Waals surface area contributed by atoms with Crippen LogP contribution in [-0.2, 0) is 11.3 Å². The quantitative estimate of drug-likeness (QED) is 0.438. The second-order valence-corrected chi connectivity index (χ2v) is 7.87. The fraction of sp³-hybridized carbons (Fsp3) is 0.148. The van der Waals surface area contributed by atoms with Crippen LogP contribution in [0.1, 0.15) is 28.4 Å². The van der Waals surface area contributed by atoms with Crippen molar-refractivity contribution in [3.05, 3.63) is 89.5 Å². The Morgan fingerprint density at radius 2 is 1.76 bits per heavy atom. The second kappa shape index (κ2) is 9.53. The first-order chi connectivity index (χ1) is 15.9. The SMILES string of the molecule is COc1cccc(CNC(=O)c2cc(-c3ccc(NC(C)=O)cc3)nc3ccc(C)cc23)c1. The van der Waals surface area contributed by atoms with Gasteiger partial charge in [0.15, 0.2) is 0 Å². The summed E-state index contributed by atoms with van der Waals surface area (Å²) in [5.74, 6) is 0.445. The first kappa shape index (κ1) is 22.0. The average Bonchev–Trinajstić information content (AvgIpc) is 2.82. The predicted molar refractivity (Wildman–Crippen MR) is 130 cm³/mol. The molecule has 0 radical (unpaired) electrons. The summed E-state index contributed by atoms with van der Waals surface area (Å²) >= 11 is 0. The third-order valence-electron chi connectivity index (χ3n) is 5.30. The molecule has 2 amide bonds. The Morgan fingerprint density at radius 3 is 2.48 bits per heavy atom. The summed E-state index contributed by atoms with van der Waals surface area (Å²) in [4.78, 5) is 29.3. The van der Waals surface area contributed by atoms with E-state index in [4.69, 9.17) is 9.72 Å². The largest absolute Gasteiger partial charge is 0.497 e. The minimum Gasteiger partial charge on any atom is -0.497 e. The molecule has 0 fully saturated rings. The number of amides is 2. The minimum absolute atomic E-state index is 0.128. The molecule has 0 unspecified atom stereocenters. The number of rotatable bonds is 6. The van der Waals surface area contributed by atoms with Gasteiger partial charge in [0.25, 0.3) is 5.91 Å². The summed E-state index contributed by atoms with van der Waals surface area (Å²) < 4.78 is 5.27. The van der Waals surface area contributed by atoms with Gasteiger partial charge in [0.2, 0.25) is 5.91 Å². The molecule has 0 aliphatic carbocycles. The summed E-state index contributed by atoms with van der Waals surface area (Å²) in [5, 5.41) is 6.58. The molecule has 3 aromatic carbocycles. The van der Waals surface area contributed by atoms with Gasteiger partial charge in [-0.05, 0) is 55.0 Å². The lowest BCUT2D eigenvalue weighted by Gasteiger charge is -2.12. The molecule has 1 aromatic heterocycles. The van der Waals surface area contributed by atoms with Crippen molar-refractivity contribution in [2.45, 2.75) is 20.4 Å². The Hall–Kier alpha value is -4.19. The standard InChI is InChI=1S/C27H25N3O3/c1-17-7-12-25-23(13-17)24(27(32)28-16-19-5-4-6-22(14-19)33-3)15-26(30-25)20-8-10-21(11-9-20)29-18(2)31/h4-15H,16H2,1-3H3,(H,28,32)(H,29,31). The fourth-order valence-electron chi connectivity index (χ4n) is 3.66. The Kier molecular flexibility index (Phi) is 6.36. The van der Waals surface area contributed by atoms with E-state index in [0.717, 1.165) is 33.3 Å². The van der Waals surface area contributed by atoms with E-state index in [0.29, 0.717) is 23.5 Å². The summed E-state index contributed by atoms with van der Waals surface area (Å²) in [6.45, 7) is 3.84. The van der Waals surface area contributed by atoms with Gasteiger partial charge in [-0.1, -0.05) is 35.9 Å². The highest BCUT2D eigenvalue weighted by Crippen LogP contribution is 2.27. The average molecular weight is 440 g/mol. The van der Waals surface area contributed by atoms with Crippen molar-refractivity contribution in [1.82, 2.24) is 10.3 Å². The normalized spacial score (nSPS) is 10.6. The zero-order valence-corrected chi connectivity index (χ0v) is 18.8. The lowest BCUT2D eigenvalue weighted by molar-refractivity contribution is -0.114. The van der Waals surface area contributed by atoms with Crippen LogP contribution in [0, 0.1) is 6.92 Å². The second-order valence-electron chi connectivity index (χ2n) is 7.87. The monoisotopic (exact) mass is 439 g/mol. The molecule has 4 rings (SSSR count). The molecule has 0 aliphatic heterocycles. The molecule has 166 valence electrons. The van der Waals surface area contributed by atoms with Crippen molar-refractivity contribution in [3.8, 4) is 17.0 Å². The van der Waals surface area contributed by atoms with E-state index in [1.165, 1.54) is 6.92 Å². The number of carbonyl (C=O) groups excluding carboxylic acids is 2. The third kappa shape index (κ3) is 5.18. The molecule has 0 aliphatic rings. The molecular formula is C27H25N3O3. The number of hydrogen-bond donors (Lipinski definition) is 2. The molecule has 4 aromatic rings. The van der Waals surface area contributed by atoms with Crippen molar-refractivity contribution in [2.24, 2.45) is 0 Å². The van der Waals surface area contributed by atoms with Crippen LogP contribution >= 0.6 is 0 Å². The zero-order valence-electron chi connectivity index (χ0n) is 18.8. The third-order valence-corrected chi connectivity index (χ3v) is 5.30. The van der Waals surface area contributed by atoms with Crippen LogP contribution in [0.3, 0.4) is 0 Å². The van der Waals surface area contributed by atoms with Crippen molar-refractivity contribution in [1.29, 1.82) is 0 Å². The van der Waals surface area contributed by atoms with Gasteiger partial charge in [0.1, 0.15) is 5.75 Å². The van der Waals surface area contributed by atoms with Gasteiger partial charge in [-0.15, -0.1) is 0 Å². The van der Waals surface area contributed by atoms with Crippen molar-refractivity contribution < 1.29 is 14.3 Å². The topological polar surface area (TPSA) is 80.3 Å². The number of pyridine rings is 1. The van der Waals surface area contributed by atoms with E-state index in [-0.39, 0.29) is 11.8 Å². The van der Waals surface area contributed by atoms with Gasteiger partial charge in [-0.25, -0.2) is 4.98 Å². The van der Waals surface area contributed by atoms with Crippen molar-refractivity contribution >= 4 is 28.4 Å². The number of aryl methyl sites for hydroxylation is 1. The summed E-state index contributed by atoms with van der Waals surface area (Å²) in [5.41, 5.74) is 5.56. The van der Waals surface area contributed by atoms with Crippen LogP contribution in [0.5, 0.6) is 5.75 Å². The van der Waals surface area contributed by atoms with Crippen LogP contribution in [0.15, 0.2) is 72.8 Å². The first-order valence-electron chi connectivity index (χ1n) is 10.6. The fourth-order valence-corrected chi connectivity index (χ4v) is 3.66. The lowest BCUT2D eigenvalue weighted by atomic mass is 10.0. The summed E-state index contributed by atoms with van der Waals surface area (Å²) in [7, 11) is 1.62. The summed E-state index contributed by atoms with van der Waals surface area (Å²) in [6.07, 6.45) is 0. The number of carbonyl (C=O) groups is 2. The Balaban J connectivity index is 1.67. The van der Waals surface area contributed by atoms with Gasteiger partial charge in [0, 0.05) is 30.1 Å². The molecule has 2 N–H and O–H groups in total. The highest BCUT2D eigenvalue weighted by Gasteiger charge is 2.15. The predicted octanol–water partition coefficient (Wildman–Crippen LogP) is 5.11. The number of aromatic nitrogens is 1. The highest BCUT2D eigenvalue weighted by molar-refractivity contribution is 6.07. The molecule has 0 saturated carbocycles. The van der Waals surface area contributed by atoms with E-state index in [1.54, 1.807) is 7.11 Å². The van der Waals surface area contributed by atoms with Crippen molar-refractivity contribution in [3.63, 3.8) is 0 Å².